The van der Waals surface area contributed by atoms with Gasteiger partial charge in [0.2, 0.25) is 0 Å². The van der Waals surface area contributed by atoms with E-state index in [2.05, 4.69) is 26.0 Å². The van der Waals surface area contributed by atoms with Crippen molar-refractivity contribution in [3.8, 4) is 0 Å². The molecule has 0 aromatic carbocycles. The number of carbonyl (C=O) groups excluding carboxylic acids is 1. The lowest BCUT2D eigenvalue weighted by molar-refractivity contribution is -0.182. The van der Waals surface area contributed by atoms with E-state index in [1.165, 1.54) is 19.3 Å². The highest BCUT2D eigenvalue weighted by Gasteiger charge is 2.76. The average Bonchev–Trinajstić information content (AvgIpc) is 3.33. The van der Waals surface area contributed by atoms with E-state index in [0.29, 0.717) is 18.5 Å². The summed E-state index contributed by atoms with van der Waals surface area (Å²) < 4.78 is 17.8. The Balaban J connectivity index is 1.81. The molecule has 4 nitrogen and oxygen atoms in total. The highest BCUT2D eigenvalue weighted by atomic mass is 16.7. The minimum absolute atomic E-state index is 0.0737. The molecule has 4 saturated carbocycles. The van der Waals surface area contributed by atoms with E-state index in [-0.39, 0.29) is 34.4 Å². The molecule has 0 heterocycles. The molecule has 4 fully saturated rings. The van der Waals surface area contributed by atoms with E-state index in [1.54, 1.807) is 7.11 Å². The molecule has 0 amide bonds. The molecule has 8 atom stereocenters. The summed E-state index contributed by atoms with van der Waals surface area (Å²) in [7, 11) is 3.55. The van der Waals surface area contributed by atoms with Gasteiger partial charge >= 0.3 is 0 Å². The van der Waals surface area contributed by atoms with E-state index in [1.807, 2.05) is 14.0 Å². The SMILES string of the molecule is C/C=C/C[C@]1(C)C[C@@H](OCOC)[C@]23C[C@@H]2CCC2(CC[C@@H](OC)C23)[C@@H](C)C1=O. The Morgan fingerprint density at radius 3 is 2.61 bits per heavy atom. The summed E-state index contributed by atoms with van der Waals surface area (Å²) in [5.74, 6) is 1.69. The zero-order chi connectivity index (χ0) is 20.2. The Kier molecular flexibility index (Phi) is 5.29. The third-order valence-corrected chi connectivity index (χ3v) is 9.20. The number of Topliss-reactive ketones (excluding diaryl/α,β-unsaturated/α-hetero) is 1. The fraction of sp³-hybridized carbons (Fsp3) is 0.875. The number of allylic oxidation sites excluding steroid dienone is 2. The predicted octanol–water partition coefficient (Wildman–Crippen LogP) is 4.77. The Labute approximate surface area is 170 Å². The van der Waals surface area contributed by atoms with Crippen molar-refractivity contribution in [2.75, 3.05) is 21.0 Å². The molecular weight excluding hydrogens is 352 g/mol. The molecule has 2 unspecified atom stereocenters. The van der Waals surface area contributed by atoms with Gasteiger partial charge in [0.05, 0.1) is 12.2 Å². The van der Waals surface area contributed by atoms with Crippen molar-refractivity contribution < 1.29 is 19.0 Å². The summed E-state index contributed by atoms with van der Waals surface area (Å²) in [4.78, 5) is 13.9. The van der Waals surface area contributed by atoms with Crippen LogP contribution in [-0.2, 0) is 19.0 Å². The third-order valence-electron chi connectivity index (χ3n) is 9.20. The second kappa shape index (κ2) is 7.21. The fourth-order valence-corrected chi connectivity index (χ4v) is 7.79. The summed E-state index contributed by atoms with van der Waals surface area (Å²) in [5, 5.41) is 0. The predicted molar refractivity (Wildman–Crippen MR) is 109 cm³/mol. The first-order valence-electron chi connectivity index (χ1n) is 11.2. The molecule has 4 aliphatic rings. The van der Waals surface area contributed by atoms with Crippen LogP contribution in [-0.4, -0.2) is 39.0 Å². The van der Waals surface area contributed by atoms with Gasteiger partial charge in [0, 0.05) is 31.0 Å². The lowest BCUT2D eigenvalue weighted by Gasteiger charge is -2.55. The van der Waals surface area contributed by atoms with Gasteiger partial charge in [-0.2, -0.15) is 0 Å². The van der Waals surface area contributed by atoms with Crippen molar-refractivity contribution in [1.29, 1.82) is 0 Å². The topological polar surface area (TPSA) is 44.8 Å². The number of hydrogen-bond acceptors (Lipinski definition) is 4. The highest BCUT2D eigenvalue weighted by molar-refractivity contribution is 5.87. The van der Waals surface area contributed by atoms with Crippen LogP contribution < -0.4 is 0 Å². The molecule has 1 spiro atoms. The van der Waals surface area contributed by atoms with Gasteiger partial charge in [0.1, 0.15) is 12.6 Å². The summed E-state index contributed by atoms with van der Waals surface area (Å²) >= 11 is 0. The quantitative estimate of drug-likeness (QED) is 0.484. The van der Waals surface area contributed by atoms with Crippen molar-refractivity contribution in [3.05, 3.63) is 12.2 Å². The number of carbonyl (C=O) groups is 1. The van der Waals surface area contributed by atoms with Gasteiger partial charge in [0.15, 0.2) is 0 Å². The first-order chi connectivity index (χ1) is 13.4. The van der Waals surface area contributed by atoms with Gasteiger partial charge in [-0.3, -0.25) is 4.79 Å². The van der Waals surface area contributed by atoms with Crippen LogP contribution in [0.2, 0.25) is 0 Å². The smallest absolute Gasteiger partial charge is 0.146 e. The van der Waals surface area contributed by atoms with Crippen molar-refractivity contribution >= 4 is 5.78 Å². The van der Waals surface area contributed by atoms with E-state index in [9.17, 15) is 4.79 Å². The molecule has 4 rings (SSSR count). The van der Waals surface area contributed by atoms with E-state index >= 15 is 0 Å². The zero-order valence-electron chi connectivity index (χ0n) is 18.3. The summed E-state index contributed by atoms with van der Waals surface area (Å²) in [6.45, 7) is 6.75. The van der Waals surface area contributed by atoms with Crippen LogP contribution in [0.1, 0.15) is 65.7 Å². The Bertz CT molecular complexity index is 645. The van der Waals surface area contributed by atoms with Crippen molar-refractivity contribution in [1.82, 2.24) is 0 Å². The highest BCUT2D eigenvalue weighted by Crippen LogP contribution is 2.78. The van der Waals surface area contributed by atoms with Gasteiger partial charge in [-0.15, -0.1) is 0 Å². The average molecular weight is 391 g/mol. The first kappa shape index (κ1) is 20.6. The maximum Gasteiger partial charge on any atom is 0.146 e. The van der Waals surface area contributed by atoms with Crippen LogP contribution in [0, 0.1) is 34.0 Å². The van der Waals surface area contributed by atoms with E-state index in [0.717, 1.165) is 31.6 Å². The largest absolute Gasteiger partial charge is 0.381 e. The van der Waals surface area contributed by atoms with Gasteiger partial charge in [-0.25, -0.2) is 0 Å². The van der Waals surface area contributed by atoms with Crippen molar-refractivity contribution in [3.63, 3.8) is 0 Å². The van der Waals surface area contributed by atoms with Gasteiger partial charge < -0.3 is 14.2 Å². The lowest BCUT2D eigenvalue weighted by atomic mass is 9.50. The minimum Gasteiger partial charge on any atom is -0.381 e. The maximum absolute atomic E-state index is 13.9. The molecule has 158 valence electrons. The molecular formula is C24H38O4. The molecule has 0 N–H and O–H groups in total. The summed E-state index contributed by atoms with van der Waals surface area (Å²) in [5.41, 5.74) is -0.123. The molecule has 4 heteroatoms. The number of ether oxygens (including phenoxy) is 3. The number of rotatable bonds is 6. The number of hydrogen-bond donors (Lipinski definition) is 0. The lowest BCUT2D eigenvalue weighted by Crippen LogP contribution is -2.57. The van der Waals surface area contributed by atoms with Gasteiger partial charge in [0.25, 0.3) is 0 Å². The fourth-order valence-electron chi connectivity index (χ4n) is 7.79. The molecule has 4 aliphatic carbocycles. The van der Waals surface area contributed by atoms with Crippen LogP contribution >= 0.6 is 0 Å². The molecule has 28 heavy (non-hydrogen) atoms. The minimum atomic E-state index is -0.370. The van der Waals surface area contributed by atoms with E-state index in [4.69, 9.17) is 14.2 Å². The van der Waals surface area contributed by atoms with E-state index < -0.39 is 0 Å². The molecule has 0 radical (unpaired) electrons. The Morgan fingerprint density at radius 2 is 1.93 bits per heavy atom. The number of methoxy groups -OCH3 is 2. The molecule has 0 aromatic heterocycles. The van der Waals surface area contributed by atoms with Crippen LogP contribution in [0.5, 0.6) is 0 Å². The van der Waals surface area contributed by atoms with Gasteiger partial charge in [-0.05, 0) is 69.1 Å². The van der Waals surface area contributed by atoms with Crippen LogP contribution in [0.25, 0.3) is 0 Å². The molecule has 2 bridgehead atoms. The first-order valence-corrected chi connectivity index (χ1v) is 11.2. The third kappa shape index (κ3) is 2.70. The summed E-state index contributed by atoms with van der Waals surface area (Å²) in [6.07, 6.45) is 12.0. The van der Waals surface area contributed by atoms with Crippen molar-refractivity contribution in [2.24, 2.45) is 34.0 Å². The Morgan fingerprint density at radius 1 is 1.18 bits per heavy atom. The van der Waals surface area contributed by atoms with Crippen LogP contribution in [0.4, 0.5) is 0 Å². The van der Waals surface area contributed by atoms with Crippen molar-refractivity contribution in [2.45, 2.75) is 77.9 Å². The standard InChI is InChI=1S/C24H38O4/c1-6-7-10-22(3)14-19(28-15-26-4)24-13-17(24)8-11-23(16(2)21(22)25)12-9-18(27-5)20(23)24/h6-7,16-20H,8-15H2,1-5H3/b7-6+/t16-,17-,18+,19+,20?,22+,23?,24-/m0/s1. The van der Waals surface area contributed by atoms with Crippen LogP contribution in [0.15, 0.2) is 12.2 Å². The molecule has 0 aliphatic heterocycles. The number of ketones is 1. The zero-order valence-corrected chi connectivity index (χ0v) is 18.3. The molecule has 0 aromatic rings. The van der Waals surface area contributed by atoms with Gasteiger partial charge in [-0.1, -0.05) is 26.0 Å². The monoisotopic (exact) mass is 390 g/mol. The normalized spacial score (nSPS) is 50.2. The van der Waals surface area contributed by atoms with Crippen LogP contribution in [0.3, 0.4) is 0 Å². The second-order valence-corrected chi connectivity index (χ2v) is 10.3. The second-order valence-electron chi connectivity index (χ2n) is 10.3. The maximum atomic E-state index is 13.9. The molecule has 0 saturated heterocycles. The Hall–Kier alpha value is -0.710. The summed E-state index contributed by atoms with van der Waals surface area (Å²) in [6, 6.07) is 0.